The molecule has 2 fully saturated rings. The maximum Gasteiger partial charge on any atom is 0.225 e. The van der Waals surface area contributed by atoms with Crippen molar-refractivity contribution in [2.24, 2.45) is 17.1 Å². The molecule has 1 aliphatic heterocycles. The van der Waals surface area contributed by atoms with Crippen LogP contribution in [0.2, 0.25) is 0 Å². The van der Waals surface area contributed by atoms with Crippen LogP contribution in [0.25, 0.3) is 11.1 Å². The third-order valence-electron chi connectivity index (χ3n) is 6.35. The molecule has 1 saturated heterocycles. The quantitative estimate of drug-likeness (QED) is 0.862. The second-order valence-electron chi connectivity index (χ2n) is 8.10. The molecule has 0 spiro atoms. The van der Waals surface area contributed by atoms with Gasteiger partial charge in [-0.3, -0.25) is 9.59 Å². The van der Waals surface area contributed by atoms with Gasteiger partial charge in [-0.1, -0.05) is 48.9 Å². The first-order valence-electron chi connectivity index (χ1n) is 9.92. The van der Waals surface area contributed by atoms with Crippen molar-refractivity contribution in [2.45, 2.75) is 32.1 Å². The van der Waals surface area contributed by atoms with Crippen LogP contribution in [0.15, 0.2) is 48.5 Å². The van der Waals surface area contributed by atoms with Gasteiger partial charge in [-0.25, -0.2) is 4.39 Å². The lowest BCUT2D eigenvalue weighted by molar-refractivity contribution is -0.138. The van der Waals surface area contributed by atoms with Crippen LogP contribution in [0, 0.1) is 17.2 Å². The molecule has 2 aliphatic rings. The Morgan fingerprint density at radius 1 is 1.07 bits per heavy atom. The highest BCUT2D eigenvalue weighted by Crippen LogP contribution is 2.39. The smallest absolute Gasteiger partial charge is 0.225 e. The first kappa shape index (κ1) is 18.7. The molecule has 1 heterocycles. The fourth-order valence-corrected chi connectivity index (χ4v) is 4.39. The molecule has 4 nitrogen and oxygen atoms in total. The number of primary amides is 1. The summed E-state index contributed by atoms with van der Waals surface area (Å²) in [7, 11) is 0. The highest BCUT2D eigenvalue weighted by Gasteiger charge is 2.46. The predicted octanol–water partition coefficient (Wildman–Crippen LogP) is 3.54. The topological polar surface area (TPSA) is 63.4 Å². The maximum absolute atomic E-state index is 14.4. The van der Waals surface area contributed by atoms with E-state index in [2.05, 4.69) is 0 Å². The fraction of sp³-hybridized carbons (Fsp3) is 0.391. The van der Waals surface area contributed by atoms with E-state index < -0.39 is 5.41 Å². The van der Waals surface area contributed by atoms with E-state index in [0.29, 0.717) is 31.5 Å². The van der Waals surface area contributed by atoms with Crippen LogP contribution in [-0.4, -0.2) is 29.8 Å². The molecule has 0 radical (unpaired) electrons. The van der Waals surface area contributed by atoms with Gasteiger partial charge >= 0.3 is 0 Å². The van der Waals surface area contributed by atoms with E-state index in [-0.39, 0.29) is 23.5 Å². The van der Waals surface area contributed by atoms with Crippen LogP contribution in [0.5, 0.6) is 0 Å². The SMILES string of the molecule is NC(=O)C1(Cc2ccccc2-c2ccccc2F)CCN(C(=O)C2CCC2)C1. The van der Waals surface area contributed by atoms with Gasteiger partial charge < -0.3 is 10.6 Å². The standard InChI is InChI=1S/C23H25FN2O2/c24-20-11-4-3-10-19(20)18-9-2-1-6-17(18)14-23(22(25)28)12-13-26(15-23)21(27)16-7-5-8-16/h1-4,6,9-11,16H,5,7-8,12-15H2,(H2,25,28). The number of nitrogens with two attached hydrogens (primary N) is 1. The van der Waals surface area contributed by atoms with E-state index >= 15 is 0 Å². The van der Waals surface area contributed by atoms with Crippen molar-refractivity contribution in [3.8, 4) is 11.1 Å². The van der Waals surface area contributed by atoms with Crippen molar-refractivity contribution in [3.05, 3.63) is 59.9 Å². The first-order valence-corrected chi connectivity index (χ1v) is 9.92. The van der Waals surface area contributed by atoms with Crippen molar-refractivity contribution in [1.82, 2.24) is 4.90 Å². The van der Waals surface area contributed by atoms with Crippen molar-refractivity contribution < 1.29 is 14.0 Å². The van der Waals surface area contributed by atoms with Gasteiger partial charge in [-0.2, -0.15) is 0 Å². The number of halogens is 1. The third kappa shape index (κ3) is 3.30. The second-order valence-corrected chi connectivity index (χ2v) is 8.10. The summed E-state index contributed by atoms with van der Waals surface area (Å²) in [5.74, 6) is -0.429. The van der Waals surface area contributed by atoms with Gasteiger partial charge in [-0.15, -0.1) is 0 Å². The zero-order valence-electron chi connectivity index (χ0n) is 15.9. The monoisotopic (exact) mass is 380 g/mol. The molecule has 28 heavy (non-hydrogen) atoms. The number of hydrogen-bond donors (Lipinski definition) is 1. The average molecular weight is 380 g/mol. The zero-order valence-corrected chi connectivity index (χ0v) is 15.9. The van der Waals surface area contributed by atoms with Gasteiger partial charge in [-0.05, 0) is 42.9 Å². The number of carbonyl (C=O) groups excluding carboxylic acids is 2. The Morgan fingerprint density at radius 2 is 1.75 bits per heavy atom. The van der Waals surface area contributed by atoms with E-state index in [9.17, 15) is 14.0 Å². The second kappa shape index (κ2) is 7.38. The van der Waals surface area contributed by atoms with Gasteiger partial charge in [0.1, 0.15) is 5.82 Å². The summed E-state index contributed by atoms with van der Waals surface area (Å²) in [5, 5.41) is 0. The first-order chi connectivity index (χ1) is 13.5. The minimum absolute atomic E-state index is 0.106. The number of nitrogens with zero attached hydrogens (tertiary/aromatic N) is 1. The van der Waals surface area contributed by atoms with Crippen LogP contribution in [0.1, 0.15) is 31.2 Å². The van der Waals surface area contributed by atoms with E-state index in [4.69, 9.17) is 5.73 Å². The lowest BCUT2D eigenvalue weighted by Gasteiger charge is -2.31. The molecular formula is C23H25FN2O2. The highest BCUT2D eigenvalue weighted by molar-refractivity contribution is 5.86. The van der Waals surface area contributed by atoms with Crippen molar-refractivity contribution >= 4 is 11.8 Å². The van der Waals surface area contributed by atoms with Crippen LogP contribution < -0.4 is 5.73 Å². The molecule has 2 N–H and O–H groups in total. The Hall–Kier alpha value is -2.69. The maximum atomic E-state index is 14.4. The third-order valence-corrected chi connectivity index (χ3v) is 6.35. The fourth-order valence-electron chi connectivity index (χ4n) is 4.39. The molecule has 1 aliphatic carbocycles. The van der Waals surface area contributed by atoms with E-state index in [0.717, 1.165) is 30.4 Å². The number of amides is 2. The summed E-state index contributed by atoms with van der Waals surface area (Å²) in [6.07, 6.45) is 3.93. The summed E-state index contributed by atoms with van der Waals surface area (Å²) >= 11 is 0. The molecule has 146 valence electrons. The molecule has 2 aromatic rings. The Morgan fingerprint density at radius 3 is 2.39 bits per heavy atom. The van der Waals surface area contributed by atoms with Gasteiger partial charge in [0, 0.05) is 24.6 Å². The van der Waals surface area contributed by atoms with Crippen molar-refractivity contribution in [3.63, 3.8) is 0 Å². The number of rotatable bonds is 5. The Kier molecular flexibility index (Phi) is 4.92. The summed E-state index contributed by atoms with van der Waals surface area (Å²) in [5.41, 5.74) is 7.19. The van der Waals surface area contributed by atoms with Gasteiger partial charge in [0.2, 0.25) is 11.8 Å². The van der Waals surface area contributed by atoms with Gasteiger partial charge in [0.25, 0.3) is 0 Å². The average Bonchev–Trinajstić information content (AvgIpc) is 3.07. The van der Waals surface area contributed by atoms with E-state index in [1.54, 1.807) is 23.1 Å². The van der Waals surface area contributed by atoms with Crippen LogP contribution >= 0.6 is 0 Å². The number of benzene rings is 2. The largest absolute Gasteiger partial charge is 0.369 e. The highest BCUT2D eigenvalue weighted by atomic mass is 19.1. The molecule has 1 saturated carbocycles. The molecule has 4 rings (SSSR count). The van der Waals surface area contributed by atoms with Crippen LogP contribution in [0.4, 0.5) is 4.39 Å². The van der Waals surface area contributed by atoms with Gasteiger partial charge in [0.05, 0.1) is 5.41 Å². The summed E-state index contributed by atoms with van der Waals surface area (Å²) < 4.78 is 14.4. The minimum atomic E-state index is -0.805. The van der Waals surface area contributed by atoms with Crippen LogP contribution in [-0.2, 0) is 16.0 Å². The number of hydrogen-bond acceptors (Lipinski definition) is 2. The molecule has 1 atom stereocenters. The molecule has 5 heteroatoms. The van der Waals surface area contributed by atoms with E-state index in [1.165, 1.54) is 6.07 Å². The van der Waals surface area contributed by atoms with Crippen molar-refractivity contribution in [2.75, 3.05) is 13.1 Å². The zero-order chi connectivity index (χ0) is 19.7. The molecule has 2 aromatic carbocycles. The number of likely N-dealkylation sites (tertiary alicyclic amines) is 1. The molecule has 2 amide bonds. The Bertz CT molecular complexity index is 909. The van der Waals surface area contributed by atoms with E-state index in [1.807, 2.05) is 24.3 Å². The lowest BCUT2D eigenvalue weighted by Crippen LogP contribution is -2.44. The lowest BCUT2D eigenvalue weighted by atomic mass is 9.78. The number of carbonyl (C=O) groups is 2. The minimum Gasteiger partial charge on any atom is -0.369 e. The summed E-state index contributed by atoms with van der Waals surface area (Å²) in [6, 6.07) is 14.2. The molecule has 0 aromatic heterocycles. The predicted molar refractivity (Wildman–Crippen MR) is 106 cm³/mol. The van der Waals surface area contributed by atoms with Crippen molar-refractivity contribution in [1.29, 1.82) is 0 Å². The molecular weight excluding hydrogens is 355 g/mol. The summed E-state index contributed by atoms with van der Waals surface area (Å²) in [4.78, 5) is 26.9. The Balaban J connectivity index is 1.63. The molecule has 0 bridgehead atoms. The normalized spacial score (nSPS) is 22.1. The summed E-state index contributed by atoms with van der Waals surface area (Å²) in [6.45, 7) is 0.906. The molecule has 1 unspecified atom stereocenters. The van der Waals surface area contributed by atoms with Gasteiger partial charge in [0.15, 0.2) is 0 Å². The van der Waals surface area contributed by atoms with Crippen LogP contribution in [0.3, 0.4) is 0 Å². The Labute approximate surface area is 164 Å².